The molecule has 12 heteroatoms. The predicted octanol–water partition coefficient (Wildman–Crippen LogP) is 3.89. The summed E-state index contributed by atoms with van der Waals surface area (Å²) in [5.41, 5.74) is 0.0104. The Labute approximate surface area is 205 Å². The van der Waals surface area contributed by atoms with Crippen LogP contribution >= 0.6 is 0 Å². The van der Waals surface area contributed by atoms with E-state index in [4.69, 9.17) is 9.15 Å². The van der Waals surface area contributed by atoms with Crippen LogP contribution in [0.1, 0.15) is 54.3 Å². The number of amides is 1. The van der Waals surface area contributed by atoms with E-state index in [0.717, 1.165) is 12.1 Å². The third-order valence-electron chi connectivity index (χ3n) is 6.59. The molecule has 4 heterocycles. The van der Waals surface area contributed by atoms with Crippen LogP contribution in [-0.4, -0.2) is 58.2 Å². The molecule has 0 unspecified atom stereocenters. The molecule has 1 aliphatic carbocycles. The number of morpholine rings is 1. The van der Waals surface area contributed by atoms with Crippen molar-refractivity contribution in [1.29, 1.82) is 0 Å². The maximum atomic E-state index is 13.7. The highest BCUT2D eigenvalue weighted by Gasteiger charge is 2.27. The summed E-state index contributed by atoms with van der Waals surface area (Å²) in [6.07, 6.45) is 5.01. The first-order valence-electron chi connectivity index (χ1n) is 11.9. The number of carbonyl (C=O) groups is 2. The Morgan fingerprint density at radius 2 is 1.97 bits per heavy atom. The SMILES string of the molecule is O=C[C@H]1CC[C@H](n2cc(NC(=O)c3coc(-c4ccnc(N5CCOCC5)c4)n3)c(C(F)F)n2)CC1. The molecule has 0 radical (unpaired) electrons. The summed E-state index contributed by atoms with van der Waals surface area (Å²) in [6, 6.07) is 3.43. The average molecular weight is 501 g/mol. The first-order valence-corrected chi connectivity index (χ1v) is 11.9. The molecule has 1 aliphatic heterocycles. The summed E-state index contributed by atoms with van der Waals surface area (Å²) in [5, 5.41) is 6.54. The number of oxazole rings is 1. The van der Waals surface area contributed by atoms with Crippen molar-refractivity contribution in [1.82, 2.24) is 19.7 Å². The van der Waals surface area contributed by atoms with Crippen molar-refractivity contribution in [3.8, 4) is 11.5 Å². The number of hydrogen-bond donors (Lipinski definition) is 1. The standard InChI is InChI=1S/C24H26F2N6O4/c25-22(26)21-18(12-32(30-21)17-3-1-15(13-33)2-4-17)28-23(34)19-14-36-24(29-19)16-5-6-27-20(11-16)31-7-9-35-10-8-31/h5-6,11-15,17,22H,1-4,7-10H2,(H,28,34)/t15-,17-. The number of pyridine rings is 1. The van der Waals surface area contributed by atoms with Gasteiger partial charge in [0.1, 0.15) is 18.4 Å². The molecule has 10 nitrogen and oxygen atoms in total. The third-order valence-corrected chi connectivity index (χ3v) is 6.59. The van der Waals surface area contributed by atoms with Crippen LogP contribution in [0.3, 0.4) is 0 Å². The van der Waals surface area contributed by atoms with Gasteiger partial charge in [0.2, 0.25) is 5.89 Å². The lowest BCUT2D eigenvalue weighted by Crippen LogP contribution is -2.36. The van der Waals surface area contributed by atoms with Gasteiger partial charge in [-0.05, 0) is 37.8 Å². The Hall–Kier alpha value is -3.67. The van der Waals surface area contributed by atoms with E-state index in [2.05, 4.69) is 25.3 Å². The van der Waals surface area contributed by atoms with Crippen molar-refractivity contribution in [2.45, 2.75) is 38.2 Å². The van der Waals surface area contributed by atoms with Crippen LogP contribution in [0, 0.1) is 5.92 Å². The molecule has 1 amide bonds. The highest BCUT2D eigenvalue weighted by molar-refractivity contribution is 6.03. The molecular formula is C24H26F2N6O4. The first-order chi connectivity index (χ1) is 17.5. The van der Waals surface area contributed by atoms with Crippen molar-refractivity contribution in [3.05, 3.63) is 42.2 Å². The Morgan fingerprint density at radius 1 is 1.19 bits per heavy atom. The van der Waals surface area contributed by atoms with Crippen LogP contribution in [0.5, 0.6) is 0 Å². The lowest BCUT2D eigenvalue weighted by molar-refractivity contribution is -0.112. The first kappa shape index (κ1) is 24.0. The second-order valence-electron chi connectivity index (χ2n) is 8.91. The van der Waals surface area contributed by atoms with Gasteiger partial charge in [-0.25, -0.2) is 18.7 Å². The number of ether oxygens (including phenoxy) is 1. The molecule has 36 heavy (non-hydrogen) atoms. The third kappa shape index (κ3) is 5.13. The van der Waals surface area contributed by atoms with E-state index in [1.54, 1.807) is 12.3 Å². The lowest BCUT2D eigenvalue weighted by atomic mass is 9.87. The largest absolute Gasteiger partial charge is 0.444 e. The van der Waals surface area contributed by atoms with Crippen LogP contribution in [0.4, 0.5) is 20.3 Å². The summed E-state index contributed by atoms with van der Waals surface area (Å²) in [6.45, 7) is 2.67. The summed E-state index contributed by atoms with van der Waals surface area (Å²) in [7, 11) is 0. The number of aromatic nitrogens is 4. The second-order valence-corrected chi connectivity index (χ2v) is 8.91. The summed E-state index contributed by atoms with van der Waals surface area (Å²) in [5.74, 6) is 0.278. The number of nitrogens with zero attached hydrogens (tertiary/aromatic N) is 5. The van der Waals surface area contributed by atoms with Gasteiger partial charge >= 0.3 is 0 Å². The molecule has 1 N–H and O–H groups in total. The van der Waals surface area contributed by atoms with E-state index >= 15 is 0 Å². The molecule has 0 atom stereocenters. The zero-order valence-corrected chi connectivity index (χ0v) is 19.5. The van der Waals surface area contributed by atoms with Gasteiger partial charge < -0.3 is 24.2 Å². The van der Waals surface area contributed by atoms with Crippen LogP contribution < -0.4 is 10.2 Å². The molecule has 0 spiro atoms. The Morgan fingerprint density at radius 3 is 2.69 bits per heavy atom. The van der Waals surface area contributed by atoms with Gasteiger partial charge in [0.25, 0.3) is 12.3 Å². The molecule has 3 aromatic heterocycles. The fourth-order valence-electron chi connectivity index (χ4n) is 4.57. The number of anilines is 2. The Kier molecular flexibility index (Phi) is 7.03. The van der Waals surface area contributed by atoms with Gasteiger partial charge in [0.05, 0.1) is 24.9 Å². The molecule has 2 aliphatic rings. The van der Waals surface area contributed by atoms with Gasteiger partial charge in [-0.3, -0.25) is 9.48 Å². The zero-order chi connectivity index (χ0) is 25.1. The van der Waals surface area contributed by atoms with Gasteiger partial charge in [0, 0.05) is 37.0 Å². The Balaban J connectivity index is 1.30. The summed E-state index contributed by atoms with van der Waals surface area (Å²) >= 11 is 0. The molecule has 1 saturated carbocycles. The fraction of sp³-hybridized carbons (Fsp3) is 0.458. The Bertz CT molecular complexity index is 1210. The highest BCUT2D eigenvalue weighted by Crippen LogP contribution is 2.34. The van der Waals surface area contributed by atoms with Crippen molar-refractivity contribution in [3.63, 3.8) is 0 Å². The minimum atomic E-state index is -2.86. The normalized spacial score (nSPS) is 20.5. The number of aldehydes is 1. The number of halogens is 2. The molecule has 2 fully saturated rings. The van der Waals surface area contributed by atoms with Crippen LogP contribution in [0.25, 0.3) is 11.5 Å². The second kappa shape index (κ2) is 10.5. The average Bonchev–Trinajstić information content (AvgIpc) is 3.58. The van der Waals surface area contributed by atoms with Crippen molar-refractivity contribution in [2.75, 3.05) is 36.5 Å². The topological polar surface area (TPSA) is 115 Å². The molecule has 190 valence electrons. The van der Waals surface area contributed by atoms with Crippen molar-refractivity contribution < 1.29 is 27.5 Å². The van der Waals surface area contributed by atoms with E-state index in [0.29, 0.717) is 57.6 Å². The van der Waals surface area contributed by atoms with E-state index in [9.17, 15) is 18.4 Å². The number of carbonyl (C=O) groups excluding carboxylic acids is 2. The van der Waals surface area contributed by atoms with E-state index in [1.165, 1.54) is 17.1 Å². The monoisotopic (exact) mass is 500 g/mol. The zero-order valence-electron chi connectivity index (χ0n) is 19.5. The molecule has 3 aromatic rings. The maximum absolute atomic E-state index is 13.7. The van der Waals surface area contributed by atoms with Crippen LogP contribution in [-0.2, 0) is 9.53 Å². The number of nitrogens with one attached hydrogen (secondary N) is 1. The van der Waals surface area contributed by atoms with Gasteiger partial charge in [-0.2, -0.15) is 5.10 Å². The van der Waals surface area contributed by atoms with Crippen molar-refractivity contribution >= 4 is 23.7 Å². The van der Waals surface area contributed by atoms with E-state index in [-0.39, 0.29) is 29.2 Å². The molecule has 1 saturated heterocycles. The number of hydrogen-bond acceptors (Lipinski definition) is 8. The maximum Gasteiger partial charge on any atom is 0.284 e. The predicted molar refractivity (Wildman–Crippen MR) is 125 cm³/mol. The van der Waals surface area contributed by atoms with Gasteiger partial charge in [0.15, 0.2) is 11.4 Å². The lowest BCUT2D eigenvalue weighted by Gasteiger charge is -2.27. The fourth-order valence-corrected chi connectivity index (χ4v) is 4.57. The molecule has 5 rings (SSSR count). The quantitative estimate of drug-likeness (QED) is 0.486. The van der Waals surface area contributed by atoms with Gasteiger partial charge in [-0.1, -0.05) is 0 Å². The summed E-state index contributed by atoms with van der Waals surface area (Å²) in [4.78, 5) is 34.5. The summed E-state index contributed by atoms with van der Waals surface area (Å²) < 4.78 is 39.7. The minimum absolute atomic E-state index is 0.00254. The molecular weight excluding hydrogens is 474 g/mol. The van der Waals surface area contributed by atoms with Crippen molar-refractivity contribution in [2.24, 2.45) is 5.92 Å². The smallest absolute Gasteiger partial charge is 0.284 e. The van der Waals surface area contributed by atoms with Crippen LogP contribution in [0.15, 0.2) is 35.2 Å². The molecule has 0 bridgehead atoms. The highest BCUT2D eigenvalue weighted by atomic mass is 19.3. The molecule has 0 aromatic carbocycles. The van der Waals surface area contributed by atoms with E-state index < -0.39 is 18.0 Å². The number of rotatable bonds is 7. The number of alkyl halides is 2. The van der Waals surface area contributed by atoms with Crippen LogP contribution in [0.2, 0.25) is 0 Å². The minimum Gasteiger partial charge on any atom is -0.444 e. The van der Waals surface area contributed by atoms with Gasteiger partial charge in [-0.15, -0.1) is 0 Å². The van der Waals surface area contributed by atoms with E-state index in [1.807, 2.05) is 6.07 Å².